The highest BCUT2D eigenvalue weighted by Crippen LogP contribution is 2.35. The minimum atomic E-state index is 0.426. The van der Waals surface area contributed by atoms with Crippen LogP contribution in [0.15, 0.2) is 30.5 Å². The van der Waals surface area contributed by atoms with Gasteiger partial charge in [0.15, 0.2) is 5.65 Å². The zero-order valence-corrected chi connectivity index (χ0v) is 12.3. The van der Waals surface area contributed by atoms with E-state index in [0.717, 1.165) is 29.1 Å². The van der Waals surface area contributed by atoms with Gasteiger partial charge in [-0.3, -0.25) is 0 Å². The predicted octanol–water partition coefficient (Wildman–Crippen LogP) is 4.01. The first-order chi connectivity index (χ1) is 9.61. The van der Waals surface area contributed by atoms with E-state index in [1.807, 2.05) is 23.6 Å². The third-order valence-electron chi connectivity index (χ3n) is 3.16. The molecule has 0 saturated heterocycles. The maximum Gasteiger partial charge on any atom is 0.160 e. The van der Waals surface area contributed by atoms with Crippen molar-refractivity contribution in [1.29, 1.82) is 0 Å². The number of nitrogens with zero attached hydrogens (tertiary/aromatic N) is 3. The molecule has 102 valence electrons. The molecule has 3 rings (SSSR count). The van der Waals surface area contributed by atoms with Gasteiger partial charge in [0.05, 0.1) is 10.7 Å². The number of rotatable bonds is 2. The van der Waals surface area contributed by atoms with Crippen molar-refractivity contribution >= 4 is 40.1 Å². The third kappa shape index (κ3) is 2.01. The maximum atomic E-state index is 6.10. The summed E-state index contributed by atoms with van der Waals surface area (Å²) in [5, 5.41) is 0.956. The van der Waals surface area contributed by atoms with Crippen LogP contribution in [0.2, 0.25) is 10.0 Å². The van der Waals surface area contributed by atoms with Crippen LogP contribution in [0.3, 0.4) is 0 Å². The number of nitrogens with two attached hydrogens (primary N) is 1. The Kier molecular flexibility index (Phi) is 3.28. The van der Waals surface area contributed by atoms with Gasteiger partial charge in [0.2, 0.25) is 0 Å². The second-order valence-corrected chi connectivity index (χ2v) is 5.22. The van der Waals surface area contributed by atoms with Gasteiger partial charge in [0.1, 0.15) is 11.3 Å². The average molecular weight is 307 g/mol. The largest absolute Gasteiger partial charge is 0.397 e. The Labute approximate surface area is 126 Å². The van der Waals surface area contributed by atoms with Crippen molar-refractivity contribution in [2.24, 2.45) is 0 Å². The summed E-state index contributed by atoms with van der Waals surface area (Å²) < 4.78 is 1.99. The fourth-order valence-corrected chi connectivity index (χ4v) is 2.73. The van der Waals surface area contributed by atoms with Gasteiger partial charge in [-0.05, 0) is 31.2 Å². The maximum absolute atomic E-state index is 6.10. The molecular formula is C14H12Cl2N4. The zero-order chi connectivity index (χ0) is 14.3. The van der Waals surface area contributed by atoms with Crippen molar-refractivity contribution in [3.63, 3.8) is 0 Å². The lowest BCUT2D eigenvalue weighted by atomic mass is 10.1. The highest BCUT2D eigenvalue weighted by Gasteiger charge is 2.16. The van der Waals surface area contributed by atoms with Gasteiger partial charge >= 0.3 is 0 Å². The first kappa shape index (κ1) is 13.2. The van der Waals surface area contributed by atoms with E-state index in [1.165, 1.54) is 0 Å². The molecule has 0 radical (unpaired) electrons. The normalized spacial score (nSPS) is 11.2. The summed E-state index contributed by atoms with van der Waals surface area (Å²) >= 11 is 12.2. The lowest BCUT2D eigenvalue weighted by Gasteiger charge is -2.10. The Bertz CT molecular complexity index is 795. The van der Waals surface area contributed by atoms with E-state index in [2.05, 4.69) is 9.97 Å². The number of hydrogen-bond donors (Lipinski definition) is 1. The lowest BCUT2D eigenvalue weighted by Crippen LogP contribution is -2.01. The quantitative estimate of drug-likeness (QED) is 0.728. The number of nitrogen functional groups attached to an aromatic ring is 1. The van der Waals surface area contributed by atoms with Crippen LogP contribution in [0.5, 0.6) is 0 Å². The van der Waals surface area contributed by atoms with Crippen LogP contribution in [0.1, 0.15) is 6.92 Å². The van der Waals surface area contributed by atoms with Crippen LogP contribution >= 0.6 is 23.2 Å². The summed E-state index contributed by atoms with van der Waals surface area (Å²) in [7, 11) is 0. The van der Waals surface area contributed by atoms with Gasteiger partial charge in [0.25, 0.3) is 0 Å². The number of hydrogen-bond acceptors (Lipinski definition) is 3. The molecule has 6 heteroatoms. The van der Waals surface area contributed by atoms with Crippen molar-refractivity contribution in [1.82, 2.24) is 14.5 Å². The molecule has 20 heavy (non-hydrogen) atoms. The van der Waals surface area contributed by atoms with E-state index < -0.39 is 0 Å². The van der Waals surface area contributed by atoms with Gasteiger partial charge in [-0.15, -0.1) is 0 Å². The number of aromatic nitrogens is 3. The summed E-state index contributed by atoms with van der Waals surface area (Å²) in [6, 6.07) is 7.17. The minimum absolute atomic E-state index is 0.426. The molecule has 0 spiro atoms. The number of aryl methyl sites for hydroxylation is 1. The van der Waals surface area contributed by atoms with Gasteiger partial charge in [-0.2, -0.15) is 0 Å². The molecular weight excluding hydrogens is 295 g/mol. The summed E-state index contributed by atoms with van der Waals surface area (Å²) in [5.74, 6) is 0.725. The van der Waals surface area contributed by atoms with Gasteiger partial charge < -0.3 is 10.3 Å². The Morgan fingerprint density at radius 2 is 2.10 bits per heavy atom. The lowest BCUT2D eigenvalue weighted by molar-refractivity contribution is 0.787. The van der Waals surface area contributed by atoms with Gasteiger partial charge in [0, 0.05) is 23.3 Å². The number of pyridine rings is 1. The molecule has 2 N–H and O–H groups in total. The standard InChI is InChI=1S/C14H12Cl2N4/c1-2-20-13(19-11-4-3-5-18-14(11)20)9-6-8(15)7-10(16)12(9)17/h3-7H,2,17H2,1H3. The van der Waals surface area contributed by atoms with Crippen LogP contribution in [0.25, 0.3) is 22.6 Å². The molecule has 3 aromatic rings. The molecule has 0 atom stereocenters. The summed E-state index contributed by atoms with van der Waals surface area (Å²) in [5.41, 5.74) is 8.90. The molecule has 0 amide bonds. The van der Waals surface area contributed by atoms with Crippen LogP contribution in [-0.2, 0) is 6.54 Å². The molecule has 2 heterocycles. The van der Waals surface area contributed by atoms with Crippen molar-refractivity contribution in [2.75, 3.05) is 5.73 Å². The molecule has 0 fully saturated rings. The molecule has 2 aromatic heterocycles. The molecule has 0 aliphatic rings. The fourth-order valence-electron chi connectivity index (χ4n) is 2.23. The highest BCUT2D eigenvalue weighted by atomic mass is 35.5. The van der Waals surface area contributed by atoms with E-state index in [-0.39, 0.29) is 0 Å². The zero-order valence-electron chi connectivity index (χ0n) is 10.8. The number of fused-ring (bicyclic) bond motifs is 1. The van der Waals surface area contributed by atoms with Crippen molar-refractivity contribution in [2.45, 2.75) is 13.5 Å². The first-order valence-corrected chi connectivity index (χ1v) is 6.93. The Balaban J connectivity index is 2.35. The van der Waals surface area contributed by atoms with E-state index >= 15 is 0 Å². The van der Waals surface area contributed by atoms with Crippen molar-refractivity contribution in [3.05, 3.63) is 40.5 Å². The third-order valence-corrected chi connectivity index (χ3v) is 3.69. The van der Waals surface area contributed by atoms with E-state index in [9.17, 15) is 0 Å². The molecule has 0 saturated carbocycles. The summed E-state index contributed by atoms with van der Waals surface area (Å²) in [6.45, 7) is 2.76. The van der Waals surface area contributed by atoms with E-state index in [1.54, 1.807) is 18.3 Å². The smallest absolute Gasteiger partial charge is 0.160 e. The second-order valence-electron chi connectivity index (χ2n) is 4.37. The van der Waals surface area contributed by atoms with Crippen molar-refractivity contribution < 1.29 is 0 Å². The molecule has 0 aliphatic heterocycles. The van der Waals surface area contributed by atoms with Crippen LogP contribution in [0, 0.1) is 0 Å². The Morgan fingerprint density at radius 3 is 2.85 bits per heavy atom. The highest BCUT2D eigenvalue weighted by molar-refractivity contribution is 6.37. The van der Waals surface area contributed by atoms with Gasteiger partial charge in [-0.25, -0.2) is 9.97 Å². The molecule has 1 aromatic carbocycles. The summed E-state index contributed by atoms with van der Waals surface area (Å²) in [4.78, 5) is 8.97. The molecule has 0 bridgehead atoms. The van der Waals surface area contributed by atoms with Crippen LogP contribution in [-0.4, -0.2) is 14.5 Å². The van der Waals surface area contributed by atoms with E-state index in [4.69, 9.17) is 28.9 Å². The predicted molar refractivity (Wildman–Crippen MR) is 83.1 cm³/mol. The summed E-state index contributed by atoms with van der Waals surface area (Å²) in [6.07, 6.45) is 1.74. The average Bonchev–Trinajstić information content (AvgIpc) is 2.81. The monoisotopic (exact) mass is 306 g/mol. The minimum Gasteiger partial charge on any atom is -0.397 e. The topological polar surface area (TPSA) is 56.7 Å². The van der Waals surface area contributed by atoms with Crippen molar-refractivity contribution in [3.8, 4) is 11.4 Å². The van der Waals surface area contributed by atoms with E-state index in [0.29, 0.717) is 15.7 Å². The van der Waals surface area contributed by atoms with Crippen LogP contribution < -0.4 is 5.73 Å². The SMILES string of the molecule is CCn1c(-c2cc(Cl)cc(Cl)c2N)nc2cccnc21. The number of imidazole rings is 1. The first-order valence-electron chi connectivity index (χ1n) is 6.18. The second kappa shape index (κ2) is 4.96. The number of anilines is 1. The van der Waals surface area contributed by atoms with Gasteiger partial charge in [-0.1, -0.05) is 23.2 Å². The molecule has 0 aliphatic carbocycles. The Morgan fingerprint density at radius 1 is 1.30 bits per heavy atom. The fraction of sp³-hybridized carbons (Fsp3) is 0.143. The number of benzene rings is 1. The van der Waals surface area contributed by atoms with Crippen LogP contribution in [0.4, 0.5) is 5.69 Å². The molecule has 4 nitrogen and oxygen atoms in total. The number of halogens is 2. The Hall–Kier alpha value is -1.78. The molecule has 0 unspecified atom stereocenters.